The number of ketones is 1. The fourth-order valence-electron chi connectivity index (χ4n) is 0.105. The second-order valence-electron chi connectivity index (χ2n) is 0.978. The van der Waals surface area contributed by atoms with Crippen LogP contribution in [0.1, 0.15) is 6.42 Å². The van der Waals surface area contributed by atoms with Crippen LogP contribution in [-0.4, -0.2) is 11.7 Å². The molecule has 0 aromatic heterocycles. The second kappa shape index (κ2) is 3.16. The molecule has 6 heavy (non-hydrogen) atoms. The molecule has 0 atom stereocenters. The van der Waals surface area contributed by atoms with Gasteiger partial charge in [-0.3, -0.25) is 4.79 Å². The van der Waals surface area contributed by atoms with E-state index in [0.717, 1.165) is 0 Å². The molecule has 0 spiro atoms. The molecule has 1 radical (unpaired) electrons. The first-order chi connectivity index (χ1) is 2.77. The number of rotatable bonds is 2. The molecule has 0 aromatic carbocycles. The van der Waals surface area contributed by atoms with E-state index in [9.17, 15) is 4.79 Å². The van der Waals surface area contributed by atoms with Gasteiger partial charge in [-0.1, -0.05) is 0 Å². The lowest BCUT2D eigenvalue weighted by atomic mass is 10.4. The van der Waals surface area contributed by atoms with Crippen LogP contribution in [0.5, 0.6) is 0 Å². The van der Waals surface area contributed by atoms with E-state index in [0.29, 0.717) is 12.3 Å². The summed E-state index contributed by atoms with van der Waals surface area (Å²) in [4.78, 5) is 9.85. The summed E-state index contributed by atoms with van der Waals surface area (Å²) < 4.78 is 0. The summed E-state index contributed by atoms with van der Waals surface area (Å²) >= 11 is 5.14. The smallest absolute Gasteiger partial charge is 0.134 e. The molecule has 0 unspecified atom stereocenters. The monoisotopic (exact) mass is 105 g/mol. The van der Waals surface area contributed by atoms with Gasteiger partial charge in [0.2, 0.25) is 0 Å². The van der Waals surface area contributed by atoms with Gasteiger partial charge < -0.3 is 0 Å². The first-order valence-electron chi connectivity index (χ1n) is 1.68. The number of hydrogen-bond acceptors (Lipinski definition) is 1. The topological polar surface area (TPSA) is 17.1 Å². The average molecular weight is 106 g/mol. The fraction of sp³-hybridized carbons (Fsp3) is 0.500. The van der Waals surface area contributed by atoms with Crippen LogP contribution in [0, 0.1) is 6.92 Å². The van der Waals surface area contributed by atoms with Crippen LogP contribution in [0.2, 0.25) is 0 Å². The summed E-state index contributed by atoms with van der Waals surface area (Å²) in [6.07, 6.45) is 0.390. The molecule has 0 aromatic rings. The molecule has 0 saturated carbocycles. The minimum Gasteiger partial charge on any atom is -0.300 e. The maximum Gasteiger partial charge on any atom is 0.134 e. The molecule has 0 amide bonds. The molecule has 0 fully saturated rings. The molecule has 0 aliphatic rings. The zero-order valence-corrected chi connectivity index (χ0v) is 4.16. The van der Waals surface area contributed by atoms with Gasteiger partial charge >= 0.3 is 0 Å². The zero-order chi connectivity index (χ0) is 4.99. The Morgan fingerprint density at radius 3 is 2.33 bits per heavy atom. The molecule has 0 saturated heterocycles. The van der Waals surface area contributed by atoms with Gasteiger partial charge in [0.05, 0.1) is 0 Å². The maximum absolute atomic E-state index is 9.85. The Kier molecular flexibility index (Phi) is 3.14. The van der Waals surface area contributed by atoms with E-state index in [2.05, 4.69) is 6.92 Å². The van der Waals surface area contributed by atoms with Crippen LogP contribution >= 0.6 is 11.6 Å². The van der Waals surface area contributed by atoms with Gasteiger partial charge in [0.25, 0.3) is 0 Å². The lowest BCUT2D eigenvalue weighted by molar-refractivity contribution is -0.114. The zero-order valence-electron chi connectivity index (χ0n) is 3.41. The van der Waals surface area contributed by atoms with Crippen molar-refractivity contribution in [3.63, 3.8) is 0 Å². The molecule has 0 heterocycles. The van der Waals surface area contributed by atoms with Crippen molar-refractivity contribution >= 4 is 17.4 Å². The highest BCUT2D eigenvalue weighted by atomic mass is 35.5. The highest BCUT2D eigenvalue weighted by Gasteiger charge is 1.85. The molecule has 0 bridgehead atoms. The van der Waals surface area contributed by atoms with E-state index in [4.69, 9.17) is 11.6 Å². The van der Waals surface area contributed by atoms with Crippen molar-refractivity contribution < 1.29 is 4.79 Å². The first kappa shape index (κ1) is 5.96. The van der Waals surface area contributed by atoms with E-state index in [-0.39, 0.29) is 5.78 Å². The van der Waals surface area contributed by atoms with E-state index < -0.39 is 0 Å². The summed E-state index contributed by atoms with van der Waals surface area (Å²) in [5, 5.41) is 0. The Bertz CT molecular complexity index is 51.5. The summed E-state index contributed by atoms with van der Waals surface area (Å²) in [5.74, 6) is 0.299. The number of hydrogen-bond donors (Lipinski definition) is 0. The Labute approximate surface area is 42.3 Å². The van der Waals surface area contributed by atoms with Crippen LogP contribution in [0.25, 0.3) is 0 Å². The van der Waals surface area contributed by atoms with Crippen molar-refractivity contribution in [3.8, 4) is 0 Å². The second-order valence-corrected chi connectivity index (χ2v) is 1.36. The molecule has 2 heteroatoms. The molecular formula is C4H6ClO. The van der Waals surface area contributed by atoms with Crippen LogP contribution in [0.4, 0.5) is 0 Å². The van der Waals surface area contributed by atoms with Crippen molar-refractivity contribution in [2.75, 3.05) is 5.88 Å². The lowest BCUT2D eigenvalue weighted by Crippen LogP contribution is -1.88. The van der Waals surface area contributed by atoms with Gasteiger partial charge in [-0.05, 0) is 0 Å². The van der Waals surface area contributed by atoms with Crippen molar-refractivity contribution in [2.24, 2.45) is 0 Å². The Hall–Kier alpha value is -0.0400. The summed E-state index contributed by atoms with van der Waals surface area (Å²) in [6, 6.07) is 0. The SMILES string of the molecule is [CH2]C(=O)CCCl. The predicted molar refractivity (Wildman–Crippen MR) is 25.7 cm³/mol. The molecular weight excluding hydrogens is 99.5 g/mol. The molecule has 35 valence electrons. The van der Waals surface area contributed by atoms with Gasteiger partial charge in [0.15, 0.2) is 0 Å². The van der Waals surface area contributed by atoms with Crippen LogP contribution in [0.15, 0.2) is 0 Å². The van der Waals surface area contributed by atoms with E-state index in [1.807, 2.05) is 0 Å². The fourth-order valence-corrected chi connectivity index (χ4v) is 0.316. The largest absolute Gasteiger partial charge is 0.300 e. The summed E-state index contributed by atoms with van der Waals surface area (Å²) in [5.41, 5.74) is 0. The first-order valence-corrected chi connectivity index (χ1v) is 2.21. The molecule has 0 aliphatic carbocycles. The van der Waals surface area contributed by atoms with Gasteiger partial charge in [0, 0.05) is 19.2 Å². The number of carbonyl (C=O) groups excluding carboxylic acids is 1. The molecule has 0 rings (SSSR count). The molecule has 0 aliphatic heterocycles. The molecule has 1 nitrogen and oxygen atoms in total. The Balaban J connectivity index is 2.83. The summed E-state index contributed by atoms with van der Waals surface area (Å²) in [6.45, 7) is 3.10. The highest BCUT2D eigenvalue weighted by Crippen LogP contribution is 1.82. The third-order valence-corrected chi connectivity index (χ3v) is 0.562. The van der Waals surface area contributed by atoms with Gasteiger partial charge in [-0.15, -0.1) is 11.6 Å². The van der Waals surface area contributed by atoms with Crippen LogP contribution in [-0.2, 0) is 4.79 Å². The average Bonchev–Trinajstić information content (AvgIpc) is 1.35. The quantitative estimate of drug-likeness (QED) is 0.479. The van der Waals surface area contributed by atoms with E-state index in [1.54, 1.807) is 0 Å². The summed E-state index contributed by atoms with van der Waals surface area (Å²) in [7, 11) is 0. The Morgan fingerprint density at radius 1 is 1.83 bits per heavy atom. The van der Waals surface area contributed by atoms with Crippen LogP contribution in [0.3, 0.4) is 0 Å². The van der Waals surface area contributed by atoms with Gasteiger partial charge in [-0.25, -0.2) is 0 Å². The predicted octanol–water partition coefficient (Wildman–Crippen LogP) is 1.02. The standard InChI is InChI=1S/C4H6ClO/c1-4(6)2-3-5/h1-3H2. The van der Waals surface area contributed by atoms with Gasteiger partial charge in [-0.2, -0.15) is 0 Å². The van der Waals surface area contributed by atoms with Crippen molar-refractivity contribution in [3.05, 3.63) is 6.92 Å². The lowest BCUT2D eigenvalue weighted by Gasteiger charge is -1.78. The highest BCUT2D eigenvalue weighted by molar-refractivity contribution is 6.19. The number of carbonyl (C=O) groups is 1. The van der Waals surface area contributed by atoms with Crippen molar-refractivity contribution in [1.29, 1.82) is 0 Å². The maximum atomic E-state index is 9.85. The van der Waals surface area contributed by atoms with E-state index in [1.165, 1.54) is 0 Å². The Morgan fingerprint density at radius 2 is 2.33 bits per heavy atom. The minimum absolute atomic E-state index is 0.0926. The number of Topliss-reactive ketones (excluding diaryl/α,β-unsaturated/α-hetero) is 1. The number of halogens is 1. The third-order valence-electron chi connectivity index (χ3n) is 0.373. The molecule has 0 N–H and O–H groups in total. The van der Waals surface area contributed by atoms with Crippen LogP contribution < -0.4 is 0 Å². The van der Waals surface area contributed by atoms with Gasteiger partial charge in [0.1, 0.15) is 5.78 Å². The van der Waals surface area contributed by atoms with Crippen molar-refractivity contribution in [1.82, 2.24) is 0 Å². The normalized spacial score (nSPS) is 8.33. The number of alkyl halides is 1. The van der Waals surface area contributed by atoms with Crippen molar-refractivity contribution in [2.45, 2.75) is 6.42 Å². The third kappa shape index (κ3) is 3.96. The van der Waals surface area contributed by atoms with E-state index >= 15 is 0 Å². The minimum atomic E-state index is -0.0926.